The number of hydrogen-bond donors (Lipinski definition) is 0. The van der Waals surface area contributed by atoms with Crippen LogP contribution in [0.4, 0.5) is 0 Å². The molecule has 0 aromatic carbocycles. The molecule has 15 heavy (non-hydrogen) atoms. The Labute approximate surface area is 90.2 Å². The van der Waals surface area contributed by atoms with E-state index in [9.17, 15) is 8.42 Å². The number of pyridine rings is 1. The van der Waals surface area contributed by atoms with Gasteiger partial charge in [0.1, 0.15) is 0 Å². The highest BCUT2D eigenvalue weighted by atomic mass is 32.2. The Kier molecular flexibility index (Phi) is 4.08. The second kappa shape index (κ2) is 5.11. The zero-order chi connectivity index (χ0) is 11.3. The molecule has 0 N–H and O–H groups in total. The highest BCUT2D eigenvalue weighted by molar-refractivity contribution is 7.90. The summed E-state index contributed by atoms with van der Waals surface area (Å²) in [6.07, 6.45) is 4.48. The van der Waals surface area contributed by atoms with Gasteiger partial charge in [0, 0.05) is 12.5 Å². The van der Waals surface area contributed by atoms with Gasteiger partial charge in [-0.25, -0.2) is 13.4 Å². The topological polar surface area (TPSA) is 56.3 Å². The summed E-state index contributed by atoms with van der Waals surface area (Å²) in [6, 6.07) is 3.29. The lowest BCUT2D eigenvalue weighted by Crippen LogP contribution is -2.06. The number of rotatable bonds is 5. The van der Waals surface area contributed by atoms with Gasteiger partial charge in [0.2, 0.25) is 0 Å². The molecule has 0 spiro atoms. The molecule has 0 saturated heterocycles. The van der Waals surface area contributed by atoms with Gasteiger partial charge in [-0.3, -0.25) is 0 Å². The fraction of sp³-hybridized carbons (Fsp3) is 0.500. The number of nitrogens with zero attached hydrogens (tertiary/aromatic N) is 1. The first-order chi connectivity index (χ1) is 7.05. The summed E-state index contributed by atoms with van der Waals surface area (Å²) < 4.78 is 28.1. The van der Waals surface area contributed by atoms with Crippen LogP contribution in [0.1, 0.15) is 19.8 Å². The monoisotopic (exact) mass is 229 g/mol. The maximum absolute atomic E-state index is 11.3. The average Bonchev–Trinajstić information content (AvgIpc) is 2.17. The van der Waals surface area contributed by atoms with Crippen molar-refractivity contribution in [3.8, 4) is 5.75 Å². The average molecular weight is 229 g/mol. The molecule has 0 amide bonds. The number of unbranched alkanes of at least 4 members (excludes halogenated alkanes) is 1. The molecule has 4 nitrogen and oxygen atoms in total. The van der Waals surface area contributed by atoms with Crippen LogP contribution in [0.2, 0.25) is 0 Å². The smallest absolute Gasteiger partial charge is 0.197 e. The van der Waals surface area contributed by atoms with E-state index in [0.717, 1.165) is 19.1 Å². The van der Waals surface area contributed by atoms with Crippen molar-refractivity contribution in [2.75, 3.05) is 12.9 Å². The first-order valence-electron chi connectivity index (χ1n) is 4.83. The summed E-state index contributed by atoms with van der Waals surface area (Å²) in [4.78, 5) is 3.82. The van der Waals surface area contributed by atoms with Crippen LogP contribution in [-0.2, 0) is 9.84 Å². The Morgan fingerprint density at radius 3 is 2.80 bits per heavy atom. The predicted octanol–water partition coefficient (Wildman–Crippen LogP) is 1.66. The van der Waals surface area contributed by atoms with Crippen molar-refractivity contribution in [1.82, 2.24) is 4.98 Å². The minimum absolute atomic E-state index is 0.0149. The molecule has 0 unspecified atom stereocenters. The van der Waals surface area contributed by atoms with Crippen LogP contribution < -0.4 is 4.74 Å². The Bertz CT molecular complexity index is 414. The van der Waals surface area contributed by atoms with Crippen LogP contribution >= 0.6 is 0 Å². The molecule has 1 aromatic rings. The SMILES string of the molecule is CCCCOc1cccnc1S(C)(=O)=O. The highest BCUT2D eigenvalue weighted by Crippen LogP contribution is 2.20. The second-order valence-corrected chi connectivity index (χ2v) is 5.21. The molecule has 1 heterocycles. The van der Waals surface area contributed by atoms with Crippen LogP contribution in [0.25, 0.3) is 0 Å². The summed E-state index contributed by atoms with van der Waals surface area (Å²) in [5.74, 6) is 0.341. The molecule has 0 bridgehead atoms. The van der Waals surface area contributed by atoms with Gasteiger partial charge < -0.3 is 4.74 Å². The number of sulfone groups is 1. The third-order valence-corrected chi connectivity index (χ3v) is 2.85. The molecule has 0 atom stereocenters. The summed E-state index contributed by atoms with van der Waals surface area (Å²) in [5, 5.41) is 0.0149. The molecule has 0 saturated carbocycles. The lowest BCUT2D eigenvalue weighted by atomic mass is 10.4. The van der Waals surface area contributed by atoms with E-state index in [1.54, 1.807) is 12.1 Å². The van der Waals surface area contributed by atoms with E-state index in [1.807, 2.05) is 6.92 Å². The maximum Gasteiger partial charge on any atom is 0.197 e. The third-order valence-electron chi connectivity index (χ3n) is 1.84. The van der Waals surface area contributed by atoms with Gasteiger partial charge in [-0.2, -0.15) is 0 Å². The molecule has 0 radical (unpaired) electrons. The molecular formula is C10H15NO3S. The Hall–Kier alpha value is -1.10. The van der Waals surface area contributed by atoms with Gasteiger partial charge in [-0.05, 0) is 18.6 Å². The van der Waals surface area contributed by atoms with Gasteiger partial charge in [0.15, 0.2) is 20.6 Å². The van der Waals surface area contributed by atoms with E-state index in [-0.39, 0.29) is 5.03 Å². The van der Waals surface area contributed by atoms with E-state index in [0.29, 0.717) is 12.4 Å². The van der Waals surface area contributed by atoms with Gasteiger partial charge in [0.05, 0.1) is 6.61 Å². The van der Waals surface area contributed by atoms with Crippen molar-refractivity contribution in [1.29, 1.82) is 0 Å². The third kappa shape index (κ3) is 3.51. The summed E-state index contributed by atoms with van der Waals surface area (Å²) in [6.45, 7) is 2.56. The summed E-state index contributed by atoms with van der Waals surface area (Å²) in [5.41, 5.74) is 0. The predicted molar refractivity (Wildman–Crippen MR) is 57.7 cm³/mol. The lowest BCUT2D eigenvalue weighted by Gasteiger charge is -2.08. The van der Waals surface area contributed by atoms with Crippen LogP contribution in [-0.4, -0.2) is 26.3 Å². The van der Waals surface area contributed by atoms with E-state index in [4.69, 9.17) is 4.74 Å². The first kappa shape index (κ1) is 12.0. The van der Waals surface area contributed by atoms with Crippen molar-refractivity contribution < 1.29 is 13.2 Å². The molecule has 0 aliphatic carbocycles. The fourth-order valence-corrected chi connectivity index (χ4v) is 1.84. The van der Waals surface area contributed by atoms with Crippen molar-refractivity contribution in [3.63, 3.8) is 0 Å². The zero-order valence-corrected chi connectivity index (χ0v) is 9.75. The van der Waals surface area contributed by atoms with E-state index in [2.05, 4.69) is 4.98 Å². The molecule has 0 fully saturated rings. The van der Waals surface area contributed by atoms with Crippen LogP contribution in [0.3, 0.4) is 0 Å². The minimum atomic E-state index is -3.31. The molecular weight excluding hydrogens is 214 g/mol. The van der Waals surface area contributed by atoms with Crippen molar-refractivity contribution in [3.05, 3.63) is 18.3 Å². The second-order valence-electron chi connectivity index (χ2n) is 3.28. The summed E-state index contributed by atoms with van der Waals surface area (Å²) >= 11 is 0. The van der Waals surface area contributed by atoms with E-state index in [1.165, 1.54) is 6.20 Å². The van der Waals surface area contributed by atoms with Gasteiger partial charge >= 0.3 is 0 Å². The fourth-order valence-electron chi connectivity index (χ4n) is 1.09. The Balaban J connectivity index is 2.88. The Morgan fingerprint density at radius 1 is 1.47 bits per heavy atom. The lowest BCUT2D eigenvalue weighted by molar-refractivity contribution is 0.299. The first-order valence-corrected chi connectivity index (χ1v) is 6.72. The maximum atomic E-state index is 11.3. The molecule has 0 aliphatic rings. The van der Waals surface area contributed by atoms with Crippen molar-refractivity contribution >= 4 is 9.84 Å². The number of aromatic nitrogens is 1. The van der Waals surface area contributed by atoms with E-state index >= 15 is 0 Å². The highest BCUT2D eigenvalue weighted by Gasteiger charge is 2.15. The van der Waals surface area contributed by atoms with E-state index < -0.39 is 9.84 Å². The molecule has 5 heteroatoms. The van der Waals surface area contributed by atoms with Crippen molar-refractivity contribution in [2.45, 2.75) is 24.8 Å². The Morgan fingerprint density at radius 2 is 2.20 bits per heavy atom. The number of hydrogen-bond acceptors (Lipinski definition) is 4. The van der Waals surface area contributed by atoms with Crippen molar-refractivity contribution in [2.24, 2.45) is 0 Å². The van der Waals surface area contributed by atoms with Gasteiger partial charge in [-0.15, -0.1) is 0 Å². The normalized spacial score (nSPS) is 11.3. The quantitative estimate of drug-likeness (QED) is 0.721. The van der Waals surface area contributed by atoms with Crippen LogP contribution in [0.15, 0.2) is 23.4 Å². The molecule has 84 valence electrons. The van der Waals surface area contributed by atoms with Gasteiger partial charge in [-0.1, -0.05) is 13.3 Å². The number of ether oxygens (including phenoxy) is 1. The molecule has 0 aliphatic heterocycles. The summed E-state index contributed by atoms with van der Waals surface area (Å²) in [7, 11) is -3.31. The zero-order valence-electron chi connectivity index (χ0n) is 8.93. The van der Waals surface area contributed by atoms with Crippen LogP contribution in [0, 0.1) is 0 Å². The molecule has 1 rings (SSSR count). The van der Waals surface area contributed by atoms with Gasteiger partial charge in [0.25, 0.3) is 0 Å². The minimum Gasteiger partial charge on any atom is -0.491 e. The van der Waals surface area contributed by atoms with Crippen LogP contribution in [0.5, 0.6) is 5.75 Å². The standard InChI is InChI=1S/C10H15NO3S/c1-3-4-8-14-9-6-5-7-11-10(9)15(2,12)13/h5-7H,3-4,8H2,1-2H3. The molecule has 1 aromatic heterocycles. The largest absolute Gasteiger partial charge is 0.491 e.